The molecule has 1 saturated heterocycles. The van der Waals surface area contributed by atoms with E-state index >= 15 is 0 Å². The second-order valence-electron chi connectivity index (χ2n) is 8.80. The van der Waals surface area contributed by atoms with E-state index in [1.807, 2.05) is 48.2 Å². The summed E-state index contributed by atoms with van der Waals surface area (Å²) >= 11 is 0. The topological polar surface area (TPSA) is 62.3 Å². The van der Waals surface area contributed by atoms with Crippen molar-refractivity contribution in [2.75, 3.05) is 19.6 Å². The van der Waals surface area contributed by atoms with Crippen LogP contribution in [-0.2, 0) is 22.4 Å². The normalized spacial score (nSPS) is 18.0. The average Bonchev–Trinajstić information content (AvgIpc) is 2.86. The number of aromatic nitrogens is 1. The molecule has 1 fully saturated rings. The number of carbonyl (C=O) groups is 2. The highest BCUT2D eigenvalue weighted by molar-refractivity contribution is 5.85. The van der Waals surface area contributed by atoms with Gasteiger partial charge in [-0.1, -0.05) is 60.7 Å². The molecule has 5 nitrogen and oxygen atoms in total. The molecule has 2 aromatic carbocycles. The standard InChI is InChI=1S/C28H31N3O2/c1-2-29-27(33)28(20-22-12-14-24(15-13-22)23-9-4-3-5-10-23)16-8-18-31(21-28)26(32)19-25-11-6-7-17-30-25/h3-7,9-15,17H,2,8,16,18-21H2,1H3,(H,29,33)/t28-/m1/s1. The molecule has 0 aliphatic carbocycles. The molecule has 0 radical (unpaired) electrons. The maximum Gasteiger partial charge on any atom is 0.228 e. The van der Waals surface area contributed by atoms with Crippen LogP contribution in [0.1, 0.15) is 31.0 Å². The molecule has 5 heteroatoms. The van der Waals surface area contributed by atoms with Gasteiger partial charge in [0.25, 0.3) is 0 Å². The maximum atomic E-state index is 13.3. The molecule has 0 saturated carbocycles. The van der Waals surface area contributed by atoms with Gasteiger partial charge < -0.3 is 10.2 Å². The molecule has 0 bridgehead atoms. The Kier molecular flexibility index (Phi) is 7.18. The third-order valence-electron chi connectivity index (χ3n) is 6.41. The van der Waals surface area contributed by atoms with Crippen LogP contribution in [0.25, 0.3) is 11.1 Å². The Morgan fingerprint density at radius 1 is 0.970 bits per heavy atom. The molecule has 0 spiro atoms. The lowest BCUT2D eigenvalue weighted by atomic mass is 9.74. The summed E-state index contributed by atoms with van der Waals surface area (Å²) in [4.78, 5) is 32.5. The largest absolute Gasteiger partial charge is 0.356 e. The summed E-state index contributed by atoms with van der Waals surface area (Å²) in [6, 6.07) is 24.3. The van der Waals surface area contributed by atoms with Crippen molar-refractivity contribution >= 4 is 11.8 Å². The fourth-order valence-corrected chi connectivity index (χ4v) is 4.71. The van der Waals surface area contributed by atoms with Crippen LogP contribution in [0.2, 0.25) is 0 Å². The van der Waals surface area contributed by atoms with Gasteiger partial charge in [0.15, 0.2) is 0 Å². The predicted octanol–water partition coefficient (Wildman–Crippen LogP) is 4.28. The van der Waals surface area contributed by atoms with Crippen LogP contribution in [0.15, 0.2) is 79.0 Å². The molecule has 0 unspecified atom stereocenters. The van der Waals surface area contributed by atoms with E-state index in [1.54, 1.807) is 6.20 Å². The molecule has 170 valence electrons. The number of carbonyl (C=O) groups excluding carboxylic acids is 2. The summed E-state index contributed by atoms with van der Waals surface area (Å²) in [6.07, 6.45) is 4.16. The molecular weight excluding hydrogens is 410 g/mol. The zero-order valence-electron chi connectivity index (χ0n) is 19.2. The van der Waals surface area contributed by atoms with E-state index in [1.165, 1.54) is 5.56 Å². The third kappa shape index (κ3) is 5.48. The van der Waals surface area contributed by atoms with E-state index in [4.69, 9.17) is 0 Å². The molecule has 1 N–H and O–H groups in total. The van der Waals surface area contributed by atoms with Gasteiger partial charge in [0, 0.05) is 31.5 Å². The fraction of sp³-hybridized carbons (Fsp3) is 0.321. The molecular formula is C28H31N3O2. The van der Waals surface area contributed by atoms with E-state index < -0.39 is 5.41 Å². The smallest absolute Gasteiger partial charge is 0.228 e. The van der Waals surface area contributed by atoms with E-state index in [2.05, 4.69) is 46.7 Å². The Bertz CT molecular complexity index is 1070. The zero-order chi connectivity index (χ0) is 23.1. The van der Waals surface area contributed by atoms with Crippen LogP contribution in [-0.4, -0.2) is 41.3 Å². The number of hydrogen-bond donors (Lipinski definition) is 1. The van der Waals surface area contributed by atoms with Gasteiger partial charge in [0.2, 0.25) is 11.8 Å². The van der Waals surface area contributed by atoms with Gasteiger partial charge in [0.1, 0.15) is 0 Å². The predicted molar refractivity (Wildman–Crippen MR) is 130 cm³/mol. The quantitative estimate of drug-likeness (QED) is 0.595. The number of hydrogen-bond acceptors (Lipinski definition) is 3. The Hall–Kier alpha value is -3.47. The minimum atomic E-state index is -0.623. The van der Waals surface area contributed by atoms with Crippen LogP contribution < -0.4 is 5.32 Å². The highest BCUT2D eigenvalue weighted by Gasteiger charge is 2.43. The van der Waals surface area contributed by atoms with Crippen molar-refractivity contribution in [1.29, 1.82) is 0 Å². The zero-order valence-corrected chi connectivity index (χ0v) is 19.2. The molecule has 2 amide bonds. The lowest BCUT2D eigenvalue weighted by Gasteiger charge is -2.42. The molecule has 1 aromatic heterocycles. The number of nitrogens with zero attached hydrogens (tertiary/aromatic N) is 2. The number of rotatable bonds is 7. The van der Waals surface area contributed by atoms with Crippen LogP contribution in [0.5, 0.6) is 0 Å². The highest BCUT2D eigenvalue weighted by atomic mass is 16.2. The Labute approximate surface area is 195 Å². The molecule has 4 rings (SSSR count). The minimum absolute atomic E-state index is 0.0292. The van der Waals surface area contributed by atoms with Gasteiger partial charge in [-0.05, 0) is 55.0 Å². The van der Waals surface area contributed by atoms with Crippen molar-refractivity contribution in [2.24, 2.45) is 5.41 Å². The van der Waals surface area contributed by atoms with Crippen molar-refractivity contribution in [1.82, 2.24) is 15.2 Å². The summed E-state index contributed by atoms with van der Waals surface area (Å²) in [6.45, 7) is 3.63. The summed E-state index contributed by atoms with van der Waals surface area (Å²) < 4.78 is 0. The molecule has 1 aliphatic heterocycles. The van der Waals surface area contributed by atoms with Crippen molar-refractivity contribution < 1.29 is 9.59 Å². The number of benzene rings is 2. The number of likely N-dealkylation sites (tertiary alicyclic amines) is 1. The first-order chi connectivity index (χ1) is 16.1. The van der Waals surface area contributed by atoms with E-state index in [0.29, 0.717) is 26.1 Å². The first kappa shape index (κ1) is 22.7. The van der Waals surface area contributed by atoms with Gasteiger partial charge in [0.05, 0.1) is 11.8 Å². The maximum absolute atomic E-state index is 13.3. The summed E-state index contributed by atoms with van der Waals surface area (Å²) in [5.74, 6) is 0.0639. The second kappa shape index (κ2) is 10.4. The van der Waals surface area contributed by atoms with Crippen LogP contribution in [0, 0.1) is 5.41 Å². The molecule has 33 heavy (non-hydrogen) atoms. The number of nitrogens with one attached hydrogen (secondary N) is 1. The first-order valence-corrected chi connectivity index (χ1v) is 11.7. The molecule has 2 heterocycles. The van der Waals surface area contributed by atoms with Gasteiger partial charge in [-0.3, -0.25) is 14.6 Å². The van der Waals surface area contributed by atoms with Crippen molar-refractivity contribution in [3.05, 3.63) is 90.3 Å². The molecule has 1 atom stereocenters. The number of amides is 2. The van der Waals surface area contributed by atoms with Crippen molar-refractivity contribution in [2.45, 2.75) is 32.6 Å². The van der Waals surface area contributed by atoms with Gasteiger partial charge in [-0.15, -0.1) is 0 Å². The molecule has 1 aliphatic rings. The number of piperidine rings is 1. The lowest BCUT2D eigenvalue weighted by Crippen LogP contribution is -2.54. The second-order valence-corrected chi connectivity index (χ2v) is 8.80. The highest BCUT2D eigenvalue weighted by Crippen LogP contribution is 2.35. The number of pyridine rings is 1. The van der Waals surface area contributed by atoms with Crippen molar-refractivity contribution in [3.63, 3.8) is 0 Å². The van der Waals surface area contributed by atoms with Crippen LogP contribution in [0.4, 0.5) is 0 Å². The average molecular weight is 442 g/mol. The van der Waals surface area contributed by atoms with E-state index in [9.17, 15) is 9.59 Å². The van der Waals surface area contributed by atoms with Gasteiger partial charge in [-0.25, -0.2) is 0 Å². The van der Waals surface area contributed by atoms with Gasteiger partial charge >= 0.3 is 0 Å². The fourth-order valence-electron chi connectivity index (χ4n) is 4.71. The minimum Gasteiger partial charge on any atom is -0.356 e. The summed E-state index contributed by atoms with van der Waals surface area (Å²) in [5.41, 5.74) is 3.57. The van der Waals surface area contributed by atoms with Gasteiger partial charge in [-0.2, -0.15) is 0 Å². The summed E-state index contributed by atoms with van der Waals surface area (Å²) in [5, 5.41) is 3.03. The van der Waals surface area contributed by atoms with Crippen LogP contribution >= 0.6 is 0 Å². The third-order valence-corrected chi connectivity index (χ3v) is 6.41. The van der Waals surface area contributed by atoms with E-state index in [0.717, 1.165) is 29.7 Å². The summed E-state index contributed by atoms with van der Waals surface area (Å²) in [7, 11) is 0. The first-order valence-electron chi connectivity index (χ1n) is 11.7. The monoisotopic (exact) mass is 441 g/mol. The Morgan fingerprint density at radius 3 is 2.39 bits per heavy atom. The van der Waals surface area contributed by atoms with Crippen molar-refractivity contribution in [3.8, 4) is 11.1 Å². The lowest BCUT2D eigenvalue weighted by molar-refractivity contribution is -0.141. The SMILES string of the molecule is CCNC(=O)[C@@]1(Cc2ccc(-c3ccccc3)cc2)CCCN(C(=O)Cc2ccccn2)C1. The Balaban J connectivity index is 1.53. The Morgan fingerprint density at radius 2 is 1.70 bits per heavy atom. The van der Waals surface area contributed by atoms with E-state index in [-0.39, 0.29) is 18.2 Å². The van der Waals surface area contributed by atoms with Crippen LogP contribution in [0.3, 0.4) is 0 Å². The molecule has 3 aromatic rings.